The van der Waals surface area contributed by atoms with E-state index < -0.39 is 5.60 Å². The van der Waals surface area contributed by atoms with Gasteiger partial charge in [-0.05, 0) is 58.4 Å². The van der Waals surface area contributed by atoms with Gasteiger partial charge < -0.3 is 19.9 Å². The van der Waals surface area contributed by atoms with Crippen LogP contribution in [0.4, 0.5) is 4.79 Å². The Bertz CT molecular complexity index is 730. The van der Waals surface area contributed by atoms with Crippen molar-refractivity contribution in [3.05, 3.63) is 18.0 Å². The summed E-state index contributed by atoms with van der Waals surface area (Å²) in [5.74, 6) is 2.03. The van der Waals surface area contributed by atoms with E-state index in [0.29, 0.717) is 11.8 Å². The van der Waals surface area contributed by atoms with Crippen LogP contribution in [0.5, 0.6) is 0 Å². The quantitative estimate of drug-likeness (QED) is 0.601. The smallest absolute Gasteiger partial charge is 0.410 e. The monoisotopic (exact) mass is 418 g/mol. The number of rotatable bonds is 4. The molecule has 168 valence electrons. The number of likely N-dealkylation sites (tertiary alicyclic amines) is 2. The number of aromatic nitrogens is 2. The molecule has 1 unspecified atom stereocenters. The van der Waals surface area contributed by atoms with E-state index in [9.17, 15) is 4.79 Å². The highest BCUT2D eigenvalue weighted by atomic mass is 16.6. The number of amides is 1. The average molecular weight is 419 g/mol. The number of aryl methyl sites for hydroxylation is 1. The van der Waals surface area contributed by atoms with Crippen LogP contribution in [-0.4, -0.2) is 76.5 Å². The number of carbonyl (C=O) groups excluding carboxylic acids is 1. The van der Waals surface area contributed by atoms with Crippen LogP contribution in [0.15, 0.2) is 17.4 Å². The minimum Gasteiger partial charge on any atom is -0.444 e. The van der Waals surface area contributed by atoms with Crippen LogP contribution in [0.1, 0.15) is 58.4 Å². The third kappa shape index (κ3) is 6.12. The Morgan fingerprint density at radius 1 is 1.23 bits per heavy atom. The Balaban J connectivity index is 1.50. The minimum absolute atomic E-state index is 0.198. The second kappa shape index (κ2) is 9.71. The zero-order chi connectivity index (χ0) is 21.7. The van der Waals surface area contributed by atoms with Gasteiger partial charge in [0.1, 0.15) is 5.60 Å². The molecule has 0 aliphatic carbocycles. The van der Waals surface area contributed by atoms with Crippen LogP contribution in [0.25, 0.3) is 0 Å². The molecule has 1 N–H and O–H groups in total. The van der Waals surface area contributed by atoms with Crippen molar-refractivity contribution in [3.63, 3.8) is 0 Å². The van der Waals surface area contributed by atoms with Crippen molar-refractivity contribution in [1.82, 2.24) is 24.9 Å². The molecule has 0 bridgehead atoms. The molecule has 2 aliphatic rings. The van der Waals surface area contributed by atoms with E-state index in [2.05, 4.69) is 28.4 Å². The summed E-state index contributed by atoms with van der Waals surface area (Å²) in [7, 11) is 1.97. The molecule has 3 heterocycles. The lowest BCUT2D eigenvalue weighted by atomic mass is 9.97. The number of ether oxygens (including phenoxy) is 1. The SMILES string of the molecule is CCNC(=NCC1CCN(C(=O)OC(C)(C)C)CC1)N1CCC(c2cnn(C)c2)C1. The maximum atomic E-state index is 12.2. The van der Waals surface area contributed by atoms with Gasteiger partial charge in [-0.3, -0.25) is 9.67 Å². The Morgan fingerprint density at radius 3 is 2.53 bits per heavy atom. The highest BCUT2D eigenvalue weighted by Gasteiger charge is 2.29. The van der Waals surface area contributed by atoms with E-state index in [-0.39, 0.29) is 6.09 Å². The molecule has 2 saturated heterocycles. The van der Waals surface area contributed by atoms with Crippen LogP contribution in [0.2, 0.25) is 0 Å². The Morgan fingerprint density at radius 2 is 1.93 bits per heavy atom. The van der Waals surface area contributed by atoms with Gasteiger partial charge in [0.25, 0.3) is 0 Å². The van der Waals surface area contributed by atoms with Gasteiger partial charge in [-0.1, -0.05) is 0 Å². The molecular weight excluding hydrogens is 380 g/mol. The van der Waals surface area contributed by atoms with Gasteiger partial charge in [0, 0.05) is 58.4 Å². The van der Waals surface area contributed by atoms with Crippen molar-refractivity contribution in [2.45, 2.75) is 58.5 Å². The molecule has 1 aromatic heterocycles. The zero-order valence-electron chi connectivity index (χ0n) is 19.2. The van der Waals surface area contributed by atoms with Crippen molar-refractivity contribution in [1.29, 1.82) is 0 Å². The minimum atomic E-state index is -0.442. The third-order valence-electron chi connectivity index (χ3n) is 5.78. The highest BCUT2D eigenvalue weighted by Crippen LogP contribution is 2.27. The molecule has 1 amide bonds. The van der Waals surface area contributed by atoms with Gasteiger partial charge in [0.15, 0.2) is 5.96 Å². The lowest BCUT2D eigenvalue weighted by molar-refractivity contribution is 0.0187. The molecule has 30 heavy (non-hydrogen) atoms. The van der Waals surface area contributed by atoms with Crippen molar-refractivity contribution in [3.8, 4) is 0 Å². The molecular formula is C22H38N6O2. The average Bonchev–Trinajstić information content (AvgIpc) is 3.33. The highest BCUT2D eigenvalue weighted by molar-refractivity contribution is 5.80. The van der Waals surface area contributed by atoms with Gasteiger partial charge in [-0.25, -0.2) is 4.79 Å². The maximum absolute atomic E-state index is 12.2. The third-order valence-corrected chi connectivity index (χ3v) is 5.78. The second-order valence-electron chi connectivity index (χ2n) is 9.48. The fourth-order valence-electron chi connectivity index (χ4n) is 4.14. The standard InChI is InChI=1S/C22H38N6O2/c1-6-23-20(28-12-9-18(16-28)19-14-25-26(5)15-19)24-13-17-7-10-27(11-8-17)21(29)30-22(2,3)4/h14-15,17-18H,6-13,16H2,1-5H3,(H,23,24). The van der Waals surface area contributed by atoms with Gasteiger partial charge in [-0.2, -0.15) is 5.10 Å². The number of hydrogen-bond donors (Lipinski definition) is 1. The summed E-state index contributed by atoms with van der Waals surface area (Å²) in [6.07, 6.45) is 6.98. The first-order chi connectivity index (χ1) is 14.2. The summed E-state index contributed by atoms with van der Waals surface area (Å²) < 4.78 is 7.37. The van der Waals surface area contributed by atoms with E-state index >= 15 is 0 Å². The van der Waals surface area contributed by atoms with E-state index in [1.807, 2.05) is 43.6 Å². The van der Waals surface area contributed by atoms with Crippen molar-refractivity contribution in [2.75, 3.05) is 39.3 Å². The van der Waals surface area contributed by atoms with Gasteiger partial charge in [-0.15, -0.1) is 0 Å². The van der Waals surface area contributed by atoms with Gasteiger partial charge >= 0.3 is 6.09 Å². The Hall–Kier alpha value is -2.25. The van der Waals surface area contributed by atoms with Crippen LogP contribution in [0.3, 0.4) is 0 Å². The summed E-state index contributed by atoms with van der Waals surface area (Å²) in [5, 5.41) is 7.78. The molecule has 0 aromatic carbocycles. The second-order valence-corrected chi connectivity index (χ2v) is 9.48. The number of nitrogens with zero attached hydrogens (tertiary/aromatic N) is 5. The van der Waals surface area contributed by atoms with Crippen LogP contribution in [-0.2, 0) is 11.8 Å². The van der Waals surface area contributed by atoms with E-state index in [1.165, 1.54) is 5.56 Å². The van der Waals surface area contributed by atoms with Gasteiger partial charge in [0.2, 0.25) is 0 Å². The number of piperidine rings is 1. The molecule has 1 atom stereocenters. The molecule has 8 heteroatoms. The maximum Gasteiger partial charge on any atom is 0.410 e. The summed E-state index contributed by atoms with van der Waals surface area (Å²) in [6, 6.07) is 0. The molecule has 2 fully saturated rings. The first-order valence-corrected chi connectivity index (χ1v) is 11.2. The number of hydrogen-bond acceptors (Lipinski definition) is 4. The largest absolute Gasteiger partial charge is 0.444 e. The molecule has 2 aliphatic heterocycles. The fourth-order valence-corrected chi connectivity index (χ4v) is 4.14. The lowest BCUT2D eigenvalue weighted by Crippen LogP contribution is -2.43. The van der Waals surface area contributed by atoms with E-state index in [4.69, 9.17) is 9.73 Å². The number of guanidine groups is 1. The molecule has 1 aromatic rings. The number of carbonyl (C=O) groups is 1. The van der Waals surface area contributed by atoms with Crippen molar-refractivity contribution < 1.29 is 9.53 Å². The van der Waals surface area contributed by atoms with E-state index in [1.54, 1.807) is 0 Å². The predicted octanol–water partition coefficient (Wildman–Crippen LogP) is 2.82. The summed E-state index contributed by atoms with van der Waals surface area (Å²) in [5.41, 5.74) is 0.868. The topological polar surface area (TPSA) is 75.0 Å². The Labute approximate surface area is 180 Å². The first kappa shape index (κ1) is 22.4. The molecule has 0 saturated carbocycles. The predicted molar refractivity (Wildman–Crippen MR) is 119 cm³/mol. The van der Waals surface area contributed by atoms with Crippen molar-refractivity contribution in [2.24, 2.45) is 18.0 Å². The van der Waals surface area contributed by atoms with Crippen molar-refractivity contribution >= 4 is 12.1 Å². The first-order valence-electron chi connectivity index (χ1n) is 11.2. The Kier molecular flexibility index (Phi) is 7.26. The zero-order valence-corrected chi connectivity index (χ0v) is 19.2. The summed E-state index contributed by atoms with van der Waals surface area (Å²) in [4.78, 5) is 21.4. The molecule has 0 spiro atoms. The van der Waals surface area contributed by atoms with E-state index in [0.717, 1.165) is 64.5 Å². The van der Waals surface area contributed by atoms with Crippen LogP contribution < -0.4 is 5.32 Å². The molecule has 0 radical (unpaired) electrons. The normalized spacial score (nSPS) is 21.2. The molecule has 8 nitrogen and oxygen atoms in total. The molecule has 3 rings (SSSR count). The fraction of sp³-hybridized carbons (Fsp3) is 0.773. The number of aliphatic imine (C=N–C) groups is 1. The summed E-state index contributed by atoms with van der Waals surface area (Å²) >= 11 is 0. The van der Waals surface area contributed by atoms with Gasteiger partial charge in [0.05, 0.1) is 6.20 Å². The van der Waals surface area contributed by atoms with Crippen LogP contribution in [0, 0.1) is 5.92 Å². The number of nitrogens with one attached hydrogen (secondary N) is 1. The van der Waals surface area contributed by atoms with Crippen LogP contribution >= 0.6 is 0 Å². The lowest BCUT2D eigenvalue weighted by Gasteiger charge is -2.33. The summed E-state index contributed by atoms with van der Waals surface area (Å²) in [6.45, 7) is 13.0.